The summed E-state index contributed by atoms with van der Waals surface area (Å²) >= 11 is 0. The summed E-state index contributed by atoms with van der Waals surface area (Å²) in [4.78, 5) is 30.4. The average Bonchev–Trinajstić information content (AvgIpc) is 3.77. The maximum absolute atomic E-state index is 15.2. The first kappa shape index (κ1) is 26.5. The highest BCUT2D eigenvalue weighted by Gasteiger charge is 2.27. The lowest BCUT2D eigenvalue weighted by Crippen LogP contribution is -2.25. The van der Waals surface area contributed by atoms with Crippen LogP contribution in [0.25, 0.3) is 22.0 Å². The third-order valence-corrected chi connectivity index (χ3v) is 7.34. The fourth-order valence-electron chi connectivity index (χ4n) is 4.93. The molecule has 1 heterocycles. The van der Waals surface area contributed by atoms with Gasteiger partial charge >= 0.3 is 0 Å². The molecular formula is C33H33FN2O3. The Bertz CT molecular complexity index is 1510. The van der Waals surface area contributed by atoms with Crippen LogP contribution >= 0.6 is 0 Å². The molecule has 5 rings (SSSR count). The van der Waals surface area contributed by atoms with E-state index in [1.54, 1.807) is 19.4 Å². The molecule has 1 fully saturated rings. The molecular weight excluding hydrogens is 491 g/mol. The molecule has 5 nitrogen and oxygen atoms in total. The first-order valence-corrected chi connectivity index (χ1v) is 13.6. The lowest BCUT2D eigenvalue weighted by atomic mass is 9.91. The molecule has 39 heavy (non-hydrogen) atoms. The quantitative estimate of drug-likeness (QED) is 0.167. The van der Waals surface area contributed by atoms with Gasteiger partial charge in [-0.1, -0.05) is 49.7 Å². The minimum Gasteiger partial charge on any atom is -0.496 e. The second kappa shape index (κ2) is 11.8. The number of aromatic nitrogens is 1. The summed E-state index contributed by atoms with van der Waals surface area (Å²) in [6, 6.07) is 18.4. The first-order chi connectivity index (χ1) is 19.0. The fourth-order valence-corrected chi connectivity index (χ4v) is 4.93. The molecule has 6 heteroatoms. The smallest absolute Gasteiger partial charge is 0.254 e. The van der Waals surface area contributed by atoms with Crippen molar-refractivity contribution in [2.45, 2.75) is 45.4 Å². The number of ketones is 1. The molecule has 0 radical (unpaired) electrons. The highest BCUT2D eigenvalue weighted by atomic mass is 19.1. The average molecular weight is 525 g/mol. The number of halogens is 1. The van der Waals surface area contributed by atoms with E-state index in [-0.39, 0.29) is 11.3 Å². The predicted molar refractivity (Wildman–Crippen MR) is 152 cm³/mol. The molecule has 3 aromatic carbocycles. The van der Waals surface area contributed by atoms with E-state index in [4.69, 9.17) is 4.74 Å². The largest absolute Gasteiger partial charge is 0.496 e. The Balaban J connectivity index is 1.60. The van der Waals surface area contributed by atoms with Crippen LogP contribution in [0.5, 0.6) is 5.75 Å². The number of benzene rings is 3. The lowest BCUT2D eigenvalue weighted by molar-refractivity contribution is 0.0946. The van der Waals surface area contributed by atoms with Crippen LogP contribution in [0.2, 0.25) is 0 Å². The maximum atomic E-state index is 15.2. The maximum Gasteiger partial charge on any atom is 0.254 e. The second-order valence-electron chi connectivity index (χ2n) is 10.3. The summed E-state index contributed by atoms with van der Waals surface area (Å²) in [6.07, 6.45) is 6.77. The standard InChI is InChI=1S/C33H33FN2O3/c1-3-4-14-35-33(38)24-13-12-23(17-29(24)34)25-18-27-26(15-21-8-6-5-7-9-21)28(31(37)16-22-10-11-22)20-36-30(27)19-32(25)39-2/h5-9,12-13,17-20,22H,3-4,10-11,14-16H2,1-2H3,(H,35,38). The van der Waals surface area contributed by atoms with Gasteiger partial charge in [-0.05, 0) is 66.5 Å². The number of nitrogens with zero attached hydrogens (tertiary/aromatic N) is 1. The molecule has 1 saturated carbocycles. The van der Waals surface area contributed by atoms with Gasteiger partial charge in [-0.3, -0.25) is 14.6 Å². The Morgan fingerprint density at radius 1 is 1.05 bits per heavy atom. The van der Waals surface area contributed by atoms with Crippen molar-refractivity contribution in [1.82, 2.24) is 10.3 Å². The van der Waals surface area contributed by atoms with Crippen LogP contribution < -0.4 is 10.1 Å². The van der Waals surface area contributed by atoms with Crippen molar-refractivity contribution in [3.05, 3.63) is 94.9 Å². The molecule has 0 spiro atoms. The van der Waals surface area contributed by atoms with Crippen molar-refractivity contribution < 1.29 is 18.7 Å². The summed E-state index contributed by atoms with van der Waals surface area (Å²) in [5.74, 6) is 0.0904. The van der Waals surface area contributed by atoms with Crippen LogP contribution in [0.3, 0.4) is 0 Å². The van der Waals surface area contributed by atoms with E-state index in [0.717, 1.165) is 42.2 Å². The third-order valence-electron chi connectivity index (χ3n) is 7.34. The van der Waals surface area contributed by atoms with Crippen LogP contribution in [-0.4, -0.2) is 30.3 Å². The monoisotopic (exact) mass is 524 g/mol. The Hall–Kier alpha value is -4.06. The van der Waals surface area contributed by atoms with Gasteiger partial charge < -0.3 is 10.1 Å². The number of carbonyl (C=O) groups is 2. The number of Topliss-reactive ketones (excluding diaryl/α,β-unsaturated/α-hetero) is 1. The molecule has 1 aromatic heterocycles. The van der Waals surface area contributed by atoms with E-state index >= 15 is 4.39 Å². The number of hydrogen-bond donors (Lipinski definition) is 1. The number of methoxy groups -OCH3 is 1. The molecule has 0 aliphatic heterocycles. The highest BCUT2D eigenvalue weighted by Crippen LogP contribution is 2.38. The molecule has 1 amide bonds. The van der Waals surface area contributed by atoms with Crippen molar-refractivity contribution >= 4 is 22.6 Å². The number of rotatable bonds is 11. The summed E-state index contributed by atoms with van der Waals surface area (Å²) in [6.45, 7) is 2.54. The topological polar surface area (TPSA) is 68.3 Å². The predicted octanol–water partition coefficient (Wildman–Crippen LogP) is 7.15. The number of fused-ring (bicyclic) bond motifs is 1. The molecule has 0 bridgehead atoms. The lowest BCUT2D eigenvalue weighted by Gasteiger charge is -2.16. The number of nitrogens with one attached hydrogen (secondary N) is 1. The van der Waals surface area contributed by atoms with Gasteiger partial charge in [0.05, 0.1) is 18.2 Å². The van der Waals surface area contributed by atoms with E-state index in [9.17, 15) is 9.59 Å². The van der Waals surface area contributed by atoms with E-state index < -0.39 is 11.7 Å². The van der Waals surface area contributed by atoms with E-state index in [1.165, 1.54) is 12.1 Å². The van der Waals surface area contributed by atoms with Crippen LogP contribution in [0.15, 0.2) is 66.9 Å². The van der Waals surface area contributed by atoms with Crippen molar-refractivity contribution in [2.75, 3.05) is 13.7 Å². The van der Waals surface area contributed by atoms with Crippen LogP contribution in [0.4, 0.5) is 4.39 Å². The first-order valence-electron chi connectivity index (χ1n) is 13.6. The minimum atomic E-state index is -0.598. The number of pyridine rings is 1. The van der Waals surface area contributed by atoms with Crippen LogP contribution in [0.1, 0.15) is 70.9 Å². The molecule has 1 aliphatic rings. The van der Waals surface area contributed by atoms with Gasteiger partial charge in [-0.2, -0.15) is 0 Å². The number of unbranched alkanes of at least 4 members (excludes halogenated alkanes) is 1. The SMILES string of the molecule is CCCCNC(=O)c1ccc(-c2cc3c(Cc4ccccc4)c(C(=O)CC4CC4)cnc3cc2OC)cc1F. The fraction of sp³-hybridized carbons (Fsp3) is 0.303. The normalized spacial score (nSPS) is 12.9. The molecule has 200 valence electrons. The number of amides is 1. The Morgan fingerprint density at radius 3 is 2.54 bits per heavy atom. The summed E-state index contributed by atoms with van der Waals surface area (Å²) < 4.78 is 20.8. The summed E-state index contributed by atoms with van der Waals surface area (Å²) in [5, 5.41) is 3.60. The van der Waals surface area contributed by atoms with Crippen LogP contribution in [-0.2, 0) is 6.42 Å². The van der Waals surface area contributed by atoms with E-state index in [2.05, 4.69) is 10.3 Å². The van der Waals surface area contributed by atoms with E-state index in [1.807, 2.05) is 49.4 Å². The minimum absolute atomic E-state index is 0.00833. The van der Waals surface area contributed by atoms with Gasteiger partial charge in [-0.15, -0.1) is 0 Å². The van der Waals surface area contributed by atoms with Crippen LogP contribution in [0, 0.1) is 11.7 Å². The highest BCUT2D eigenvalue weighted by molar-refractivity contribution is 6.03. The molecule has 1 N–H and O–H groups in total. The number of ether oxygens (including phenoxy) is 1. The zero-order valence-electron chi connectivity index (χ0n) is 22.4. The Labute approximate surface area is 228 Å². The molecule has 0 atom stereocenters. The van der Waals surface area contributed by atoms with Gasteiger partial charge in [0.25, 0.3) is 5.91 Å². The Morgan fingerprint density at radius 2 is 1.85 bits per heavy atom. The van der Waals surface area contributed by atoms with Gasteiger partial charge in [0.1, 0.15) is 11.6 Å². The summed E-state index contributed by atoms with van der Waals surface area (Å²) in [5.41, 5.74) is 4.60. The van der Waals surface area contributed by atoms with Crippen molar-refractivity contribution in [1.29, 1.82) is 0 Å². The zero-order valence-corrected chi connectivity index (χ0v) is 22.4. The van der Waals surface area contributed by atoms with Gasteiger partial charge in [-0.25, -0.2) is 4.39 Å². The van der Waals surface area contributed by atoms with Gasteiger partial charge in [0, 0.05) is 41.7 Å². The Kier molecular flexibility index (Phi) is 8.01. The number of hydrogen-bond acceptors (Lipinski definition) is 4. The molecule has 0 unspecified atom stereocenters. The third kappa shape index (κ3) is 6.00. The van der Waals surface area contributed by atoms with E-state index in [0.29, 0.717) is 53.3 Å². The number of carbonyl (C=O) groups excluding carboxylic acids is 2. The summed E-state index contributed by atoms with van der Waals surface area (Å²) in [7, 11) is 1.56. The molecule has 0 saturated heterocycles. The molecule has 1 aliphatic carbocycles. The van der Waals surface area contributed by atoms with Crippen molar-refractivity contribution in [2.24, 2.45) is 5.92 Å². The van der Waals surface area contributed by atoms with Gasteiger partial charge in [0.15, 0.2) is 5.78 Å². The van der Waals surface area contributed by atoms with Gasteiger partial charge in [0.2, 0.25) is 0 Å². The van der Waals surface area contributed by atoms with Crippen molar-refractivity contribution in [3.63, 3.8) is 0 Å². The zero-order chi connectivity index (χ0) is 27.4. The van der Waals surface area contributed by atoms with Crippen molar-refractivity contribution in [3.8, 4) is 16.9 Å². The molecule has 4 aromatic rings. The second-order valence-corrected chi connectivity index (χ2v) is 10.3.